The van der Waals surface area contributed by atoms with Crippen LogP contribution in [0.2, 0.25) is 0 Å². The quantitative estimate of drug-likeness (QED) is 0.303. The van der Waals surface area contributed by atoms with E-state index in [0.717, 1.165) is 6.07 Å². The van der Waals surface area contributed by atoms with Crippen molar-refractivity contribution in [1.82, 2.24) is 0 Å². The Morgan fingerprint density at radius 1 is 1.18 bits per heavy atom. The maximum atomic E-state index is 11.6. The second-order valence-electron chi connectivity index (χ2n) is 2.96. The van der Waals surface area contributed by atoms with E-state index in [4.69, 9.17) is 15.8 Å². The molecule has 0 aliphatic carbocycles. The Bertz CT molecular complexity index is 427. The maximum absolute atomic E-state index is 11.6. The molecule has 7 nitrogen and oxygen atoms in total. The average molecular weight is 242 g/mol. The van der Waals surface area contributed by atoms with Crippen LogP contribution < -0.4 is 14.7 Å². The van der Waals surface area contributed by atoms with Crippen LogP contribution in [0.1, 0.15) is 16.8 Å². The molecule has 17 heavy (non-hydrogen) atoms. The van der Waals surface area contributed by atoms with Gasteiger partial charge in [-0.3, -0.25) is 4.79 Å². The smallest absolute Gasteiger partial charge is 0.257 e. The highest BCUT2D eigenvalue weighted by atomic mass is 17.1. The zero-order valence-electron chi connectivity index (χ0n) is 8.62. The average Bonchev–Trinajstić information content (AvgIpc) is 2.36. The zero-order chi connectivity index (χ0) is 12.8. The Labute approximate surface area is 95.9 Å². The highest BCUT2D eigenvalue weighted by Crippen LogP contribution is 2.39. The van der Waals surface area contributed by atoms with E-state index in [2.05, 4.69) is 21.2 Å². The lowest BCUT2D eigenvalue weighted by molar-refractivity contribution is -0.178. The Balaban J connectivity index is 3.32. The fourth-order valence-electron chi connectivity index (χ4n) is 1.25. The second-order valence-corrected chi connectivity index (χ2v) is 2.96. The first-order valence-corrected chi connectivity index (χ1v) is 4.44. The van der Waals surface area contributed by atoms with Gasteiger partial charge in [-0.1, -0.05) is 6.08 Å². The predicted molar refractivity (Wildman–Crippen MR) is 55.4 cm³/mol. The van der Waals surface area contributed by atoms with E-state index in [1.54, 1.807) is 0 Å². The zero-order valence-corrected chi connectivity index (χ0v) is 8.62. The number of allylic oxidation sites excluding steroid dienone is 1. The van der Waals surface area contributed by atoms with Gasteiger partial charge in [0.15, 0.2) is 5.78 Å². The normalized spacial score (nSPS) is 9.59. The van der Waals surface area contributed by atoms with Crippen LogP contribution in [0.5, 0.6) is 17.2 Å². The number of benzene rings is 1. The van der Waals surface area contributed by atoms with Crippen molar-refractivity contribution >= 4 is 5.78 Å². The lowest BCUT2D eigenvalue weighted by Crippen LogP contribution is -2.04. The minimum absolute atomic E-state index is 0.000553. The standard InChI is InChI=1S/C10H10O7/c1-2-3-7(11)6-4-5-8(15-12)10(17-14)9(6)16-13/h2,4-5,12-14H,1,3H2. The third kappa shape index (κ3) is 2.53. The summed E-state index contributed by atoms with van der Waals surface area (Å²) in [6, 6.07) is 2.38. The first-order chi connectivity index (χ1) is 8.19. The molecule has 0 aliphatic rings. The van der Waals surface area contributed by atoms with Crippen molar-refractivity contribution in [3.8, 4) is 17.2 Å². The molecule has 0 saturated carbocycles. The molecule has 1 aromatic rings. The molecular weight excluding hydrogens is 232 g/mol. The van der Waals surface area contributed by atoms with Gasteiger partial charge in [0.25, 0.3) is 5.75 Å². The minimum atomic E-state index is -0.523. The van der Waals surface area contributed by atoms with Crippen LogP contribution in [-0.4, -0.2) is 21.6 Å². The molecule has 3 N–H and O–H groups in total. The third-order valence-corrected chi connectivity index (χ3v) is 1.99. The van der Waals surface area contributed by atoms with Crippen LogP contribution in [0.3, 0.4) is 0 Å². The molecule has 0 amide bonds. The molecule has 1 aromatic carbocycles. The molecule has 0 saturated heterocycles. The lowest BCUT2D eigenvalue weighted by Gasteiger charge is -2.10. The van der Waals surface area contributed by atoms with Gasteiger partial charge < -0.3 is 14.7 Å². The fraction of sp³-hybridized carbons (Fsp3) is 0.100. The largest absolute Gasteiger partial charge is 0.336 e. The van der Waals surface area contributed by atoms with Gasteiger partial charge in [0, 0.05) is 6.42 Å². The van der Waals surface area contributed by atoms with Crippen molar-refractivity contribution < 1.29 is 35.2 Å². The van der Waals surface area contributed by atoms with E-state index in [-0.39, 0.29) is 17.7 Å². The highest BCUT2D eigenvalue weighted by Gasteiger charge is 2.22. The number of rotatable bonds is 6. The number of ketones is 1. The van der Waals surface area contributed by atoms with Crippen molar-refractivity contribution in [2.75, 3.05) is 0 Å². The van der Waals surface area contributed by atoms with E-state index < -0.39 is 17.3 Å². The number of carbonyl (C=O) groups excluding carboxylic acids is 1. The second kappa shape index (κ2) is 5.85. The van der Waals surface area contributed by atoms with Gasteiger partial charge in [-0.2, -0.15) is 0 Å². The molecule has 0 radical (unpaired) electrons. The van der Waals surface area contributed by atoms with E-state index in [9.17, 15) is 4.79 Å². The van der Waals surface area contributed by atoms with Gasteiger partial charge in [-0.05, 0) is 12.1 Å². The predicted octanol–water partition coefficient (Wildman–Crippen LogP) is 2.00. The molecule has 0 atom stereocenters. The molecule has 0 bridgehead atoms. The summed E-state index contributed by atoms with van der Waals surface area (Å²) >= 11 is 0. The summed E-state index contributed by atoms with van der Waals surface area (Å²) in [5, 5.41) is 25.7. The van der Waals surface area contributed by atoms with Gasteiger partial charge in [-0.15, -0.1) is 6.58 Å². The van der Waals surface area contributed by atoms with Gasteiger partial charge in [0.05, 0.1) is 5.56 Å². The van der Waals surface area contributed by atoms with E-state index in [1.165, 1.54) is 12.1 Å². The van der Waals surface area contributed by atoms with Crippen LogP contribution in [0.25, 0.3) is 0 Å². The number of hydrogen-bond donors (Lipinski definition) is 3. The summed E-state index contributed by atoms with van der Waals surface area (Å²) in [5.74, 6) is -1.74. The van der Waals surface area contributed by atoms with Gasteiger partial charge in [-0.25, -0.2) is 15.8 Å². The Hall–Kier alpha value is -2.09. The first-order valence-electron chi connectivity index (χ1n) is 4.44. The van der Waals surface area contributed by atoms with Crippen molar-refractivity contribution in [2.24, 2.45) is 0 Å². The van der Waals surface area contributed by atoms with E-state index in [1.807, 2.05) is 0 Å². The minimum Gasteiger partial charge on any atom is -0.336 e. The fourth-order valence-corrected chi connectivity index (χ4v) is 1.25. The maximum Gasteiger partial charge on any atom is 0.257 e. The number of carbonyl (C=O) groups is 1. The summed E-state index contributed by atoms with van der Waals surface area (Å²) < 4.78 is 0. The SMILES string of the molecule is C=CCC(=O)c1ccc(OO)c(OO)c1OO. The molecule has 0 spiro atoms. The van der Waals surface area contributed by atoms with Crippen LogP contribution >= 0.6 is 0 Å². The van der Waals surface area contributed by atoms with Crippen molar-refractivity contribution in [1.29, 1.82) is 0 Å². The monoisotopic (exact) mass is 242 g/mol. The molecular formula is C10H10O7. The summed E-state index contributed by atoms with van der Waals surface area (Å²) in [6.45, 7) is 3.39. The van der Waals surface area contributed by atoms with Gasteiger partial charge >= 0.3 is 0 Å². The highest BCUT2D eigenvalue weighted by molar-refractivity contribution is 6.00. The Morgan fingerprint density at radius 3 is 2.29 bits per heavy atom. The Morgan fingerprint density at radius 2 is 1.82 bits per heavy atom. The summed E-state index contributed by atoms with van der Waals surface area (Å²) in [7, 11) is 0. The van der Waals surface area contributed by atoms with Crippen LogP contribution in [-0.2, 0) is 0 Å². The molecule has 1 rings (SSSR count). The van der Waals surface area contributed by atoms with Crippen LogP contribution in [0.15, 0.2) is 24.8 Å². The lowest BCUT2D eigenvalue weighted by atomic mass is 10.1. The molecule has 7 heteroatoms. The molecule has 92 valence electrons. The first kappa shape index (κ1) is 13.0. The summed E-state index contributed by atoms with van der Waals surface area (Å²) in [4.78, 5) is 23.3. The van der Waals surface area contributed by atoms with Crippen molar-refractivity contribution in [3.05, 3.63) is 30.4 Å². The summed E-state index contributed by atoms with van der Waals surface area (Å²) in [5.41, 5.74) is -0.0581. The van der Waals surface area contributed by atoms with Crippen LogP contribution in [0.4, 0.5) is 0 Å². The van der Waals surface area contributed by atoms with E-state index in [0.29, 0.717) is 0 Å². The molecule has 0 heterocycles. The van der Waals surface area contributed by atoms with E-state index >= 15 is 0 Å². The number of hydrogen-bond acceptors (Lipinski definition) is 7. The number of Topliss-reactive ketones (excluding diaryl/α,β-unsaturated/α-hetero) is 1. The molecule has 0 unspecified atom stereocenters. The molecule has 0 aliphatic heterocycles. The Kier molecular flexibility index (Phi) is 4.46. The third-order valence-electron chi connectivity index (χ3n) is 1.99. The van der Waals surface area contributed by atoms with Gasteiger partial charge in [0.2, 0.25) is 11.5 Å². The summed E-state index contributed by atoms with van der Waals surface area (Å²) in [6.07, 6.45) is 1.36. The molecule has 0 aromatic heterocycles. The van der Waals surface area contributed by atoms with Crippen LogP contribution in [0, 0.1) is 0 Å². The van der Waals surface area contributed by atoms with Crippen molar-refractivity contribution in [3.63, 3.8) is 0 Å². The van der Waals surface area contributed by atoms with Crippen molar-refractivity contribution in [2.45, 2.75) is 6.42 Å². The van der Waals surface area contributed by atoms with Gasteiger partial charge in [0.1, 0.15) is 0 Å². The molecule has 0 fully saturated rings. The topological polar surface area (TPSA) is 105 Å².